The quantitative estimate of drug-likeness (QED) is 0.501. The van der Waals surface area contributed by atoms with Gasteiger partial charge in [0.1, 0.15) is 0 Å². The lowest BCUT2D eigenvalue weighted by Crippen LogP contribution is -2.26. The Hall–Kier alpha value is -2.68. The van der Waals surface area contributed by atoms with Crippen LogP contribution in [0.5, 0.6) is 0 Å². The number of likely N-dealkylation sites (N-methyl/N-ethyl adjacent to an activating group) is 1. The Morgan fingerprint density at radius 3 is 2.49 bits per heavy atom. The molecule has 0 saturated heterocycles. The van der Waals surface area contributed by atoms with Crippen molar-refractivity contribution in [2.24, 2.45) is 17.6 Å². The number of hydrogen-bond acceptors (Lipinski definition) is 6. The second kappa shape index (κ2) is 13.4. The van der Waals surface area contributed by atoms with Gasteiger partial charge in [-0.3, -0.25) is 4.31 Å². The number of ether oxygens (including phenoxy) is 1. The summed E-state index contributed by atoms with van der Waals surface area (Å²) >= 11 is 0. The van der Waals surface area contributed by atoms with Crippen LogP contribution in [0, 0.1) is 11.8 Å². The Kier molecular flexibility index (Phi) is 10.9. The molecule has 3 atom stereocenters. The summed E-state index contributed by atoms with van der Waals surface area (Å²) in [5, 5.41) is 8.67. The fourth-order valence-corrected chi connectivity index (χ4v) is 3.92. The maximum Gasteiger partial charge on any atom is 0.337 e. The van der Waals surface area contributed by atoms with Gasteiger partial charge in [-0.25, -0.2) is 13.2 Å². The van der Waals surface area contributed by atoms with E-state index >= 15 is 0 Å². The average molecular weight is 503 g/mol. The van der Waals surface area contributed by atoms with Gasteiger partial charge in [-0.1, -0.05) is 55.5 Å². The molecule has 35 heavy (non-hydrogen) atoms. The highest BCUT2D eigenvalue weighted by Gasteiger charge is 2.29. The molecule has 192 valence electrons. The minimum absolute atomic E-state index is 0.0505. The minimum atomic E-state index is -3.41. The number of benzene rings is 1. The van der Waals surface area contributed by atoms with Crippen molar-refractivity contribution in [2.75, 3.05) is 26.5 Å². The molecule has 1 aromatic carbocycles. The van der Waals surface area contributed by atoms with Gasteiger partial charge in [0.25, 0.3) is 0 Å². The SMILES string of the molecule is CCOC(=O)C1=CCC(/C=C\C2CC2C)=CC(N(C)S(C)(=O)=O)=C1.NC(CO)Cc1ccccc1. The van der Waals surface area contributed by atoms with Crippen LogP contribution >= 0.6 is 0 Å². The third-order valence-electron chi connectivity index (χ3n) is 5.87. The highest BCUT2D eigenvalue weighted by molar-refractivity contribution is 7.88. The summed E-state index contributed by atoms with van der Waals surface area (Å²) in [5.74, 6) is 0.876. The van der Waals surface area contributed by atoms with Gasteiger partial charge in [0.15, 0.2) is 0 Å². The van der Waals surface area contributed by atoms with Crippen LogP contribution in [0.2, 0.25) is 0 Å². The molecular weight excluding hydrogens is 464 g/mol. The van der Waals surface area contributed by atoms with E-state index in [4.69, 9.17) is 15.6 Å². The molecule has 3 unspecified atom stereocenters. The van der Waals surface area contributed by atoms with Crippen molar-refractivity contribution < 1.29 is 23.1 Å². The third kappa shape index (κ3) is 9.84. The van der Waals surface area contributed by atoms with Crippen molar-refractivity contribution in [1.29, 1.82) is 0 Å². The number of esters is 1. The number of hydrogen-bond donors (Lipinski definition) is 2. The molecule has 2 aliphatic carbocycles. The summed E-state index contributed by atoms with van der Waals surface area (Å²) in [4.78, 5) is 12.1. The van der Waals surface area contributed by atoms with Gasteiger partial charge in [0.2, 0.25) is 10.0 Å². The van der Waals surface area contributed by atoms with Crippen LogP contribution in [0.25, 0.3) is 0 Å². The number of nitrogens with two attached hydrogens (primary N) is 1. The predicted octanol–water partition coefficient (Wildman–Crippen LogP) is 3.34. The Bertz CT molecular complexity index is 1070. The first kappa shape index (κ1) is 28.6. The predicted molar refractivity (Wildman–Crippen MR) is 140 cm³/mol. The first-order valence-electron chi connectivity index (χ1n) is 11.9. The van der Waals surface area contributed by atoms with Crippen molar-refractivity contribution >= 4 is 16.0 Å². The number of allylic oxidation sites excluding steroid dienone is 5. The smallest absolute Gasteiger partial charge is 0.337 e. The maximum atomic E-state index is 12.1. The van der Waals surface area contributed by atoms with E-state index in [1.54, 1.807) is 19.1 Å². The second-order valence-corrected chi connectivity index (χ2v) is 11.0. The molecular formula is C27H38N2O5S. The molecule has 3 N–H and O–H groups in total. The van der Waals surface area contributed by atoms with E-state index in [0.29, 0.717) is 29.5 Å². The molecule has 0 radical (unpaired) electrons. The zero-order valence-electron chi connectivity index (χ0n) is 21.1. The third-order valence-corrected chi connectivity index (χ3v) is 7.08. The lowest BCUT2D eigenvalue weighted by Gasteiger charge is -2.18. The molecule has 0 bridgehead atoms. The Morgan fingerprint density at radius 2 is 1.94 bits per heavy atom. The van der Waals surface area contributed by atoms with Gasteiger partial charge in [0.05, 0.1) is 30.7 Å². The van der Waals surface area contributed by atoms with Crippen LogP contribution in [-0.2, 0) is 26.0 Å². The molecule has 7 nitrogen and oxygen atoms in total. The molecule has 8 heteroatoms. The summed E-state index contributed by atoms with van der Waals surface area (Å²) in [5.41, 5.74) is 8.53. The molecule has 0 aromatic heterocycles. The van der Waals surface area contributed by atoms with Gasteiger partial charge in [-0.05, 0) is 61.3 Å². The average Bonchev–Trinajstić information content (AvgIpc) is 3.57. The lowest BCUT2D eigenvalue weighted by atomic mass is 10.1. The van der Waals surface area contributed by atoms with Crippen LogP contribution in [0.15, 0.2) is 77.6 Å². The molecule has 0 amide bonds. The minimum Gasteiger partial charge on any atom is -0.462 e. The summed E-state index contributed by atoms with van der Waals surface area (Å²) in [7, 11) is -1.93. The number of sulfonamides is 1. The Balaban J connectivity index is 0.000000328. The number of nitrogens with zero attached hydrogens (tertiary/aromatic N) is 1. The fourth-order valence-electron chi connectivity index (χ4n) is 3.43. The normalized spacial score (nSPS) is 20.5. The van der Waals surface area contributed by atoms with Crippen LogP contribution in [0.1, 0.15) is 32.3 Å². The van der Waals surface area contributed by atoms with Crippen molar-refractivity contribution in [1.82, 2.24) is 4.31 Å². The first-order chi connectivity index (χ1) is 16.5. The number of carbonyl (C=O) groups is 1. The van der Waals surface area contributed by atoms with E-state index in [1.165, 1.54) is 23.3 Å². The molecule has 1 aromatic rings. The topological polar surface area (TPSA) is 110 Å². The molecule has 0 spiro atoms. The van der Waals surface area contributed by atoms with E-state index in [0.717, 1.165) is 18.2 Å². The zero-order chi connectivity index (χ0) is 26.0. The Morgan fingerprint density at radius 1 is 1.29 bits per heavy atom. The van der Waals surface area contributed by atoms with Crippen molar-refractivity contribution in [2.45, 2.75) is 39.2 Å². The number of carbonyl (C=O) groups excluding carboxylic acids is 1. The van der Waals surface area contributed by atoms with Crippen molar-refractivity contribution in [3.8, 4) is 0 Å². The monoisotopic (exact) mass is 502 g/mol. The standard InChI is InChI=1S/C18H25NO4S.C9H13NO/c1-5-23-18(20)16-9-7-14(6-8-15-10-13(15)2)11-17(12-16)19(3)24(4,21)22;10-9(7-11)6-8-4-2-1-3-5-8/h6,8-9,11-13,15H,5,7,10H2,1-4H3;1-5,9,11H,6-7,10H2/b8-6-;. The van der Waals surface area contributed by atoms with Crippen molar-refractivity contribution in [3.05, 3.63) is 83.1 Å². The van der Waals surface area contributed by atoms with Gasteiger partial charge < -0.3 is 15.6 Å². The van der Waals surface area contributed by atoms with Crippen molar-refractivity contribution in [3.63, 3.8) is 0 Å². The summed E-state index contributed by atoms with van der Waals surface area (Å²) in [6.45, 7) is 4.28. The van der Waals surface area contributed by atoms with Crippen LogP contribution in [-0.4, -0.2) is 56.4 Å². The van der Waals surface area contributed by atoms with Gasteiger partial charge in [0, 0.05) is 13.1 Å². The molecule has 1 fully saturated rings. The molecule has 0 aliphatic heterocycles. The molecule has 3 rings (SSSR count). The highest BCUT2D eigenvalue weighted by atomic mass is 32.2. The second-order valence-electron chi connectivity index (χ2n) is 8.97. The molecule has 0 heterocycles. The van der Waals surface area contributed by atoms with Crippen LogP contribution in [0.4, 0.5) is 0 Å². The van der Waals surface area contributed by atoms with E-state index in [-0.39, 0.29) is 19.3 Å². The van der Waals surface area contributed by atoms with E-state index in [9.17, 15) is 13.2 Å². The summed E-state index contributed by atoms with van der Waals surface area (Å²) in [6.07, 6.45) is 13.0. The molecule has 1 saturated carbocycles. The largest absolute Gasteiger partial charge is 0.462 e. The molecule has 2 aliphatic rings. The van der Waals surface area contributed by atoms with Gasteiger partial charge in [-0.2, -0.15) is 0 Å². The van der Waals surface area contributed by atoms with Crippen LogP contribution in [0.3, 0.4) is 0 Å². The summed E-state index contributed by atoms with van der Waals surface area (Å²) < 4.78 is 30.0. The number of aliphatic hydroxyl groups excluding tert-OH is 1. The van der Waals surface area contributed by atoms with E-state index in [2.05, 4.69) is 13.0 Å². The fraction of sp³-hybridized carbons (Fsp3) is 0.444. The number of aliphatic hydroxyl groups is 1. The first-order valence-corrected chi connectivity index (χ1v) is 13.7. The van der Waals surface area contributed by atoms with Crippen LogP contribution < -0.4 is 5.73 Å². The van der Waals surface area contributed by atoms with Gasteiger partial charge >= 0.3 is 5.97 Å². The number of rotatable bonds is 9. The van der Waals surface area contributed by atoms with E-state index in [1.807, 2.05) is 42.5 Å². The summed E-state index contributed by atoms with van der Waals surface area (Å²) in [6, 6.07) is 9.80. The lowest BCUT2D eigenvalue weighted by molar-refractivity contribution is -0.138. The van der Waals surface area contributed by atoms with E-state index < -0.39 is 16.0 Å². The zero-order valence-corrected chi connectivity index (χ0v) is 21.9. The highest BCUT2D eigenvalue weighted by Crippen LogP contribution is 2.39. The maximum absolute atomic E-state index is 12.1. The Labute approximate surface area is 209 Å². The van der Waals surface area contributed by atoms with Gasteiger partial charge in [-0.15, -0.1) is 0 Å².